The zero-order valence-corrected chi connectivity index (χ0v) is 15.1. The van der Waals surface area contributed by atoms with Crippen LogP contribution in [0.15, 0.2) is 42.5 Å². The quantitative estimate of drug-likeness (QED) is 0.736. The molecule has 0 aliphatic rings. The van der Waals surface area contributed by atoms with Gasteiger partial charge in [0.2, 0.25) is 5.91 Å². The highest BCUT2D eigenvalue weighted by Crippen LogP contribution is 2.29. The third kappa shape index (κ3) is 6.40. The number of benzene rings is 2. The number of carbonyl (C=O) groups excluding carboxylic acids is 1. The summed E-state index contributed by atoms with van der Waals surface area (Å²) in [6, 6.07) is 10.3. The van der Waals surface area contributed by atoms with Crippen molar-refractivity contribution < 1.29 is 22.7 Å². The van der Waals surface area contributed by atoms with Crippen molar-refractivity contribution in [1.82, 2.24) is 4.90 Å². The Morgan fingerprint density at radius 2 is 1.69 bits per heavy atom. The number of rotatable bonds is 6. The van der Waals surface area contributed by atoms with E-state index in [0.29, 0.717) is 22.3 Å². The standard InChI is InChI=1S/C17H15Cl2F3N2O2/c1-24(9-11-5-7-12(8-6-11)26-17(20,21)22)10-15(25)23-16-13(18)3-2-4-14(16)19/h2-8H,9-10H2,1H3,(H,23,25). The number of halogens is 5. The average molecular weight is 407 g/mol. The molecule has 2 aromatic rings. The predicted octanol–water partition coefficient (Wildman–Crippen LogP) is 4.96. The molecular formula is C17H15Cl2F3N2O2. The highest BCUT2D eigenvalue weighted by atomic mass is 35.5. The van der Waals surface area contributed by atoms with Crippen LogP contribution in [0.1, 0.15) is 5.56 Å². The van der Waals surface area contributed by atoms with Crippen molar-refractivity contribution in [3.05, 3.63) is 58.1 Å². The molecule has 1 N–H and O–H groups in total. The summed E-state index contributed by atoms with van der Waals surface area (Å²) in [5.74, 6) is -0.616. The summed E-state index contributed by atoms with van der Waals surface area (Å²) in [5.41, 5.74) is 1.06. The number of amides is 1. The molecule has 140 valence electrons. The van der Waals surface area contributed by atoms with Crippen LogP contribution in [0.4, 0.5) is 18.9 Å². The van der Waals surface area contributed by atoms with Gasteiger partial charge in [-0.2, -0.15) is 0 Å². The van der Waals surface area contributed by atoms with Crippen molar-refractivity contribution in [3.63, 3.8) is 0 Å². The first-order valence-electron chi connectivity index (χ1n) is 7.41. The zero-order valence-electron chi connectivity index (χ0n) is 13.6. The molecule has 0 aromatic heterocycles. The maximum absolute atomic E-state index is 12.1. The Bertz CT molecular complexity index is 747. The molecule has 2 aromatic carbocycles. The van der Waals surface area contributed by atoms with Crippen LogP contribution in [0.2, 0.25) is 10.0 Å². The summed E-state index contributed by atoms with van der Waals surface area (Å²) >= 11 is 12.0. The number of ether oxygens (including phenoxy) is 1. The molecular weight excluding hydrogens is 392 g/mol. The maximum Gasteiger partial charge on any atom is 0.573 e. The number of hydrogen-bond donors (Lipinski definition) is 1. The fourth-order valence-corrected chi connectivity index (χ4v) is 2.70. The number of carbonyl (C=O) groups is 1. The first-order chi connectivity index (χ1) is 12.1. The number of para-hydroxylation sites is 1. The van der Waals surface area contributed by atoms with E-state index < -0.39 is 6.36 Å². The van der Waals surface area contributed by atoms with Gasteiger partial charge in [0.1, 0.15) is 5.75 Å². The zero-order chi connectivity index (χ0) is 19.3. The Morgan fingerprint density at radius 3 is 2.23 bits per heavy atom. The van der Waals surface area contributed by atoms with E-state index in [9.17, 15) is 18.0 Å². The summed E-state index contributed by atoms with van der Waals surface area (Å²) in [6.45, 7) is 0.401. The van der Waals surface area contributed by atoms with Crippen molar-refractivity contribution >= 4 is 34.8 Å². The second kappa shape index (κ2) is 8.62. The van der Waals surface area contributed by atoms with E-state index in [4.69, 9.17) is 23.2 Å². The summed E-state index contributed by atoms with van der Waals surface area (Å²) < 4.78 is 40.2. The smallest absolute Gasteiger partial charge is 0.406 e. The Hall–Kier alpha value is -1.96. The van der Waals surface area contributed by atoms with Crippen LogP contribution in [0, 0.1) is 0 Å². The Kier molecular flexibility index (Phi) is 6.75. The second-order valence-electron chi connectivity index (χ2n) is 5.51. The fourth-order valence-electron chi connectivity index (χ4n) is 2.21. The largest absolute Gasteiger partial charge is 0.573 e. The van der Waals surface area contributed by atoms with Gasteiger partial charge in [-0.15, -0.1) is 13.2 Å². The van der Waals surface area contributed by atoms with Crippen LogP contribution < -0.4 is 10.1 Å². The highest BCUT2D eigenvalue weighted by Gasteiger charge is 2.30. The van der Waals surface area contributed by atoms with Crippen LogP contribution in [-0.4, -0.2) is 30.8 Å². The Balaban J connectivity index is 1.90. The van der Waals surface area contributed by atoms with Gasteiger partial charge in [0.15, 0.2) is 0 Å². The minimum Gasteiger partial charge on any atom is -0.406 e. The lowest BCUT2D eigenvalue weighted by molar-refractivity contribution is -0.274. The summed E-state index contributed by atoms with van der Waals surface area (Å²) in [6.07, 6.45) is -4.73. The van der Waals surface area contributed by atoms with Crippen LogP contribution in [0.3, 0.4) is 0 Å². The van der Waals surface area contributed by atoms with Gasteiger partial charge in [-0.1, -0.05) is 41.4 Å². The van der Waals surface area contributed by atoms with E-state index in [1.165, 1.54) is 24.3 Å². The van der Waals surface area contributed by atoms with Gasteiger partial charge >= 0.3 is 6.36 Å². The monoisotopic (exact) mass is 406 g/mol. The maximum atomic E-state index is 12.1. The number of likely N-dealkylation sites (N-methyl/N-ethyl adjacent to an activating group) is 1. The lowest BCUT2D eigenvalue weighted by Crippen LogP contribution is -2.30. The van der Waals surface area contributed by atoms with Crippen molar-refractivity contribution in [2.75, 3.05) is 18.9 Å². The van der Waals surface area contributed by atoms with E-state index in [1.807, 2.05) is 0 Å². The van der Waals surface area contributed by atoms with Gasteiger partial charge in [-0.3, -0.25) is 9.69 Å². The first-order valence-corrected chi connectivity index (χ1v) is 8.17. The second-order valence-corrected chi connectivity index (χ2v) is 6.32. The SMILES string of the molecule is CN(CC(=O)Nc1c(Cl)cccc1Cl)Cc1ccc(OC(F)(F)F)cc1. The van der Waals surface area contributed by atoms with Gasteiger partial charge in [-0.25, -0.2) is 0 Å². The molecule has 0 aliphatic heterocycles. The molecule has 2 rings (SSSR count). The molecule has 4 nitrogen and oxygen atoms in total. The van der Waals surface area contributed by atoms with Crippen molar-refractivity contribution in [2.24, 2.45) is 0 Å². The summed E-state index contributed by atoms with van der Waals surface area (Å²) in [5, 5.41) is 3.30. The normalized spacial score (nSPS) is 11.5. The molecule has 0 atom stereocenters. The van der Waals surface area contributed by atoms with Gasteiger partial charge in [0.05, 0.1) is 22.3 Å². The molecule has 0 saturated heterocycles. The van der Waals surface area contributed by atoms with Crippen molar-refractivity contribution in [1.29, 1.82) is 0 Å². The summed E-state index contributed by atoms with van der Waals surface area (Å²) in [7, 11) is 1.70. The molecule has 9 heteroatoms. The van der Waals surface area contributed by atoms with E-state index in [-0.39, 0.29) is 18.2 Å². The molecule has 0 radical (unpaired) electrons. The summed E-state index contributed by atoms with van der Waals surface area (Å²) in [4.78, 5) is 13.8. The van der Waals surface area contributed by atoms with E-state index in [0.717, 1.165) is 5.56 Å². The van der Waals surface area contributed by atoms with Crippen LogP contribution >= 0.6 is 23.2 Å². The highest BCUT2D eigenvalue weighted by molar-refractivity contribution is 6.39. The van der Waals surface area contributed by atoms with Gasteiger partial charge in [-0.05, 0) is 36.9 Å². The molecule has 0 spiro atoms. The van der Waals surface area contributed by atoms with E-state index >= 15 is 0 Å². The number of hydrogen-bond acceptors (Lipinski definition) is 3. The lowest BCUT2D eigenvalue weighted by atomic mass is 10.2. The fraction of sp³-hybridized carbons (Fsp3) is 0.235. The number of nitrogens with one attached hydrogen (secondary N) is 1. The van der Waals surface area contributed by atoms with Crippen molar-refractivity contribution in [3.8, 4) is 5.75 Å². The lowest BCUT2D eigenvalue weighted by Gasteiger charge is -2.17. The van der Waals surface area contributed by atoms with Gasteiger partial charge in [0.25, 0.3) is 0 Å². The first kappa shape index (κ1) is 20.4. The predicted molar refractivity (Wildman–Crippen MR) is 94.6 cm³/mol. The number of nitrogens with zero attached hydrogens (tertiary/aromatic N) is 1. The third-order valence-electron chi connectivity index (χ3n) is 3.25. The molecule has 0 heterocycles. The molecule has 0 fully saturated rings. The molecule has 26 heavy (non-hydrogen) atoms. The Labute approximate surface area is 158 Å². The molecule has 0 saturated carbocycles. The molecule has 0 aliphatic carbocycles. The van der Waals surface area contributed by atoms with Gasteiger partial charge < -0.3 is 10.1 Å². The van der Waals surface area contributed by atoms with Gasteiger partial charge in [0, 0.05) is 6.54 Å². The van der Waals surface area contributed by atoms with E-state index in [2.05, 4.69) is 10.1 Å². The van der Waals surface area contributed by atoms with Crippen LogP contribution in [0.25, 0.3) is 0 Å². The molecule has 0 unspecified atom stereocenters. The Morgan fingerprint density at radius 1 is 1.12 bits per heavy atom. The van der Waals surface area contributed by atoms with Crippen molar-refractivity contribution in [2.45, 2.75) is 12.9 Å². The average Bonchev–Trinajstić information content (AvgIpc) is 2.51. The minimum absolute atomic E-state index is 0.0440. The topological polar surface area (TPSA) is 41.6 Å². The number of anilines is 1. The molecule has 0 bridgehead atoms. The molecule has 1 amide bonds. The van der Waals surface area contributed by atoms with Crippen LogP contribution in [0.5, 0.6) is 5.75 Å². The van der Waals surface area contributed by atoms with E-state index in [1.54, 1.807) is 30.1 Å². The third-order valence-corrected chi connectivity index (χ3v) is 3.88. The van der Waals surface area contributed by atoms with Crippen LogP contribution in [-0.2, 0) is 11.3 Å². The number of alkyl halides is 3. The minimum atomic E-state index is -4.73.